The number of aromatic hydroxyl groups is 1. The Morgan fingerprint density at radius 3 is 2.35 bits per heavy atom. The van der Waals surface area contributed by atoms with Crippen molar-refractivity contribution in [2.24, 2.45) is 0 Å². The van der Waals surface area contributed by atoms with E-state index >= 15 is 0 Å². The van der Waals surface area contributed by atoms with Gasteiger partial charge in [-0.25, -0.2) is 0 Å². The highest BCUT2D eigenvalue weighted by molar-refractivity contribution is 5.58. The first-order chi connectivity index (χ1) is 8.24. The Morgan fingerprint density at radius 2 is 1.82 bits per heavy atom. The molecule has 17 heavy (non-hydrogen) atoms. The van der Waals surface area contributed by atoms with Crippen LogP contribution in [0.25, 0.3) is 0 Å². The molecule has 0 bridgehead atoms. The number of hydrogen-bond donors (Lipinski definition) is 1. The summed E-state index contributed by atoms with van der Waals surface area (Å²) in [6.07, 6.45) is 0.686. The van der Waals surface area contributed by atoms with E-state index in [1.54, 1.807) is 6.07 Å². The van der Waals surface area contributed by atoms with E-state index < -0.39 is 0 Å². The number of phenols is 1. The van der Waals surface area contributed by atoms with Gasteiger partial charge in [-0.2, -0.15) is 0 Å². The van der Waals surface area contributed by atoms with Gasteiger partial charge in [0.2, 0.25) is 0 Å². The Hall–Kier alpha value is -1.26. The first-order valence-electron chi connectivity index (χ1n) is 6.01. The summed E-state index contributed by atoms with van der Waals surface area (Å²) in [7, 11) is 0. The second-order valence-electron chi connectivity index (χ2n) is 4.74. The van der Waals surface area contributed by atoms with Crippen LogP contribution in [0.1, 0.15) is 5.56 Å². The van der Waals surface area contributed by atoms with Crippen molar-refractivity contribution in [3.63, 3.8) is 0 Å². The molecule has 0 radical (unpaired) electrons. The van der Waals surface area contributed by atoms with Crippen molar-refractivity contribution in [3.05, 3.63) is 23.8 Å². The maximum absolute atomic E-state index is 9.76. The third-order valence-corrected chi connectivity index (χ3v) is 3.27. The number of epoxide rings is 2. The highest BCUT2D eigenvalue weighted by Crippen LogP contribution is 2.30. The molecular formula is C13H17NO3. The van der Waals surface area contributed by atoms with Gasteiger partial charge in [-0.05, 0) is 19.1 Å². The largest absolute Gasteiger partial charge is 0.508 e. The normalized spacial score (nSPS) is 25.7. The molecule has 4 nitrogen and oxygen atoms in total. The van der Waals surface area contributed by atoms with Gasteiger partial charge >= 0.3 is 0 Å². The third-order valence-electron chi connectivity index (χ3n) is 3.27. The summed E-state index contributed by atoms with van der Waals surface area (Å²) in [6.45, 7) is 5.40. The van der Waals surface area contributed by atoms with Gasteiger partial charge in [-0.15, -0.1) is 0 Å². The fourth-order valence-electron chi connectivity index (χ4n) is 2.06. The van der Waals surface area contributed by atoms with Crippen LogP contribution < -0.4 is 4.90 Å². The maximum Gasteiger partial charge on any atom is 0.120 e. The van der Waals surface area contributed by atoms with E-state index in [-0.39, 0.29) is 0 Å². The van der Waals surface area contributed by atoms with E-state index in [1.807, 2.05) is 19.1 Å². The smallest absolute Gasteiger partial charge is 0.120 e. The number of ether oxygens (including phenoxy) is 2. The lowest BCUT2D eigenvalue weighted by atomic mass is 10.1. The second-order valence-corrected chi connectivity index (χ2v) is 4.74. The number of anilines is 1. The minimum atomic E-state index is 0.343. The molecule has 1 aromatic rings. The van der Waals surface area contributed by atoms with Gasteiger partial charge in [0.25, 0.3) is 0 Å². The van der Waals surface area contributed by atoms with Crippen molar-refractivity contribution in [3.8, 4) is 5.75 Å². The van der Waals surface area contributed by atoms with Crippen LogP contribution in [-0.4, -0.2) is 43.6 Å². The van der Waals surface area contributed by atoms with Crippen molar-refractivity contribution < 1.29 is 14.6 Å². The molecule has 2 unspecified atom stereocenters. The number of benzene rings is 1. The van der Waals surface area contributed by atoms with Gasteiger partial charge in [0.05, 0.1) is 25.4 Å². The van der Waals surface area contributed by atoms with Crippen LogP contribution in [0.5, 0.6) is 5.75 Å². The minimum absolute atomic E-state index is 0.343. The number of nitrogens with zero attached hydrogens (tertiary/aromatic N) is 1. The van der Waals surface area contributed by atoms with E-state index in [4.69, 9.17) is 9.47 Å². The molecular weight excluding hydrogens is 218 g/mol. The first kappa shape index (κ1) is 10.9. The van der Waals surface area contributed by atoms with Gasteiger partial charge in [0, 0.05) is 24.3 Å². The van der Waals surface area contributed by atoms with Crippen molar-refractivity contribution >= 4 is 5.69 Å². The highest BCUT2D eigenvalue weighted by Gasteiger charge is 2.31. The standard InChI is InChI=1S/C13H17NO3/c1-9-12(3-2-4-13(9)15)14(5-10-7-16-10)6-11-8-17-11/h2-4,10-11,15H,5-8H2,1H3. The van der Waals surface area contributed by atoms with E-state index in [1.165, 1.54) is 0 Å². The van der Waals surface area contributed by atoms with Crippen molar-refractivity contribution in [1.29, 1.82) is 0 Å². The molecule has 3 rings (SSSR count). The van der Waals surface area contributed by atoms with Gasteiger partial charge in [-0.3, -0.25) is 0 Å². The molecule has 0 saturated carbocycles. The summed E-state index contributed by atoms with van der Waals surface area (Å²) in [5.74, 6) is 0.348. The summed E-state index contributed by atoms with van der Waals surface area (Å²) in [5.41, 5.74) is 2.00. The van der Waals surface area contributed by atoms with Crippen LogP contribution in [0.4, 0.5) is 5.69 Å². The summed E-state index contributed by atoms with van der Waals surface area (Å²) in [6, 6.07) is 5.64. The zero-order valence-corrected chi connectivity index (χ0v) is 9.93. The molecule has 2 aliphatic rings. The average Bonchev–Trinajstić information content (AvgIpc) is 3.16. The number of rotatable bonds is 5. The maximum atomic E-state index is 9.76. The SMILES string of the molecule is Cc1c(O)cccc1N(CC1CO1)CC1CO1. The zero-order valence-electron chi connectivity index (χ0n) is 9.93. The van der Waals surface area contributed by atoms with Crippen LogP contribution in [-0.2, 0) is 9.47 Å². The van der Waals surface area contributed by atoms with E-state index in [9.17, 15) is 5.11 Å². The molecule has 1 aromatic carbocycles. The molecule has 0 aliphatic carbocycles. The molecule has 2 atom stereocenters. The van der Waals surface area contributed by atoms with Gasteiger partial charge in [0.1, 0.15) is 5.75 Å². The molecule has 2 aliphatic heterocycles. The lowest BCUT2D eigenvalue weighted by Crippen LogP contribution is -2.32. The topological polar surface area (TPSA) is 48.5 Å². The van der Waals surface area contributed by atoms with E-state index in [2.05, 4.69) is 4.90 Å². The molecule has 2 saturated heterocycles. The van der Waals surface area contributed by atoms with Gasteiger partial charge in [-0.1, -0.05) is 6.07 Å². The average molecular weight is 235 g/mol. The third kappa shape index (κ3) is 2.53. The van der Waals surface area contributed by atoms with Gasteiger partial charge in [0.15, 0.2) is 0 Å². The van der Waals surface area contributed by atoms with Crippen molar-refractivity contribution in [2.45, 2.75) is 19.1 Å². The molecule has 2 heterocycles. The van der Waals surface area contributed by atoms with E-state index in [0.717, 1.165) is 37.6 Å². The molecule has 0 spiro atoms. The van der Waals surface area contributed by atoms with Crippen LogP contribution in [0, 0.1) is 6.92 Å². The lowest BCUT2D eigenvalue weighted by molar-refractivity contribution is 0.388. The monoisotopic (exact) mass is 235 g/mol. The molecule has 0 amide bonds. The Kier molecular flexibility index (Phi) is 2.68. The Morgan fingerprint density at radius 1 is 1.24 bits per heavy atom. The van der Waals surface area contributed by atoms with Crippen molar-refractivity contribution in [1.82, 2.24) is 0 Å². The van der Waals surface area contributed by atoms with Crippen LogP contribution in [0.3, 0.4) is 0 Å². The lowest BCUT2D eigenvalue weighted by Gasteiger charge is -2.25. The van der Waals surface area contributed by atoms with Gasteiger partial charge < -0.3 is 19.5 Å². The second kappa shape index (κ2) is 4.20. The Labute approximate surface area is 101 Å². The number of phenolic OH excluding ortho intramolecular Hbond substituents is 1. The van der Waals surface area contributed by atoms with E-state index in [0.29, 0.717) is 18.0 Å². The summed E-state index contributed by atoms with van der Waals surface area (Å²) >= 11 is 0. The molecule has 4 heteroatoms. The summed E-state index contributed by atoms with van der Waals surface area (Å²) in [4.78, 5) is 2.25. The predicted molar refractivity (Wildman–Crippen MR) is 64.5 cm³/mol. The van der Waals surface area contributed by atoms with Crippen LogP contribution >= 0.6 is 0 Å². The Balaban J connectivity index is 1.81. The fraction of sp³-hybridized carbons (Fsp3) is 0.538. The predicted octanol–water partition coefficient (Wildman–Crippen LogP) is 1.30. The summed E-state index contributed by atoms with van der Waals surface area (Å²) < 4.78 is 10.6. The molecule has 2 fully saturated rings. The molecule has 1 N–H and O–H groups in total. The molecule has 0 aromatic heterocycles. The van der Waals surface area contributed by atoms with Crippen LogP contribution in [0.2, 0.25) is 0 Å². The highest BCUT2D eigenvalue weighted by atomic mass is 16.6. The number of hydrogen-bond acceptors (Lipinski definition) is 4. The summed E-state index contributed by atoms with van der Waals surface area (Å²) in [5, 5.41) is 9.76. The fourth-order valence-corrected chi connectivity index (χ4v) is 2.06. The van der Waals surface area contributed by atoms with Crippen LogP contribution in [0.15, 0.2) is 18.2 Å². The quantitative estimate of drug-likeness (QED) is 0.782. The first-order valence-corrected chi connectivity index (χ1v) is 6.01. The van der Waals surface area contributed by atoms with Crippen molar-refractivity contribution in [2.75, 3.05) is 31.2 Å². The minimum Gasteiger partial charge on any atom is -0.508 e. The Bertz CT molecular complexity index is 399. The molecule has 92 valence electrons. The zero-order chi connectivity index (χ0) is 11.8.